The summed E-state index contributed by atoms with van der Waals surface area (Å²) in [7, 11) is 0. The first-order chi connectivity index (χ1) is 15.1. The molecule has 31 heavy (non-hydrogen) atoms. The molecule has 4 nitrogen and oxygen atoms in total. The number of hydrogen-bond donors (Lipinski definition) is 2. The van der Waals surface area contributed by atoms with Gasteiger partial charge in [0.15, 0.2) is 0 Å². The van der Waals surface area contributed by atoms with Crippen molar-refractivity contribution in [2.75, 3.05) is 6.61 Å². The minimum Gasteiger partial charge on any atom is -0.508 e. The van der Waals surface area contributed by atoms with Crippen molar-refractivity contribution in [2.45, 2.75) is 122 Å². The first-order valence-electron chi connectivity index (χ1n) is 12.8. The molecule has 0 atom stereocenters. The van der Waals surface area contributed by atoms with E-state index in [1.165, 1.54) is 121 Å². The molecule has 0 bridgehead atoms. The summed E-state index contributed by atoms with van der Waals surface area (Å²) in [4.78, 5) is 11.9. The minimum atomic E-state index is -0.583. The van der Waals surface area contributed by atoms with E-state index in [1.54, 1.807) is 0 Å². The van der Waals surface area contributed by atoms with Crippen molar-refractivity contribution in [3.05, 3.63) is 23.8 Å². The zero-order valence-electron chi connectivity index (χ0n) is 19.9. The molecule has 0 spiro atoms. The highest BCUT2D eigenvalue weighted by atomic mass is 16.5. The van der Waals surface area contributed by atoms with Gasteiger partial charge in [-0.3, -0.25) is 0 Å². The average Bonchev–Trinajstić information content (AvgIpc) is 2.76. The summed E-state index contributed by atoms with van der Waals surface area (Å²) in [6, 6.07) is 3.86. The molecule has 0 heterocycles. The van der Waals surface area contributed by atoms with Gasteiger partial charge in [-0.25, -0.2) is 4.79 Å². The molecule has 0 unspecified atom stereocenters. The van der Waals surface area contributed by atoms with Crippen molar-refractivity contribution in [3.63, 3.8) is 0 Å². The Hall–Kier alpha value is -1.71. The number of rotatable bonds is 20. The number of benzene rings is 1. The van der Waals surface area contributed by atoms with Gasteiger partial charge in [0, 0.05) is 0 Å². The Morgan fingerprint density at radius 3 is 1.55 bits per heavy atom. The third kappa shape index (κ3) is 14.8. The van der Waals surface area contributed by atoms with Gasteiger partial charge in [-0.2, -0.15) is 0 Å². The maximum absolute atomic E-state index is 11.9. The predicted octanol–water partition coefficient (Wildman–Crippen LogP) is 8.30. The van der Waals surface area contributed by atoms with Gasteiger partial charge in [0.05, 0.1) is 6.61 Å². The summed E-state index contributed by atoms with van der Waals surface area (Å²) in [5, 5.41) is 19.1. The fourth-order valence-electron chi connectivity index (χ4n) is 3.93. The number of phenols is 2. The molecule has 1 aromatic rings. The van der Waals surface area contributed by atoms with E-state index in [9.17, 15) is 15.0 Å². The molecule has 2 N–H and O–H groups in total. The Bertz CT molecular complexity index is 570. The number of phenolic OH excluding ortho intramolecular Hbond substituents is 2. The second-order valence-corrected chi connectivity index (χ2v) is 8.85. The van der Waals surface area contributed by atoms with Gasteiger partial charge in [0.25, 0.3) is 0 Å². The number of hydrogen-bond acceptors (Lipinski definition) is 4. The standard InChI is InChI=1S/C27H46O4/c1-2-3-4-5-6-7-8-9-10-11-12-13-14-15-16-17-18-19-22-31-27(30)25-23-24(28)20-21-26(25)29/h20-21,23,28-29H,2-19,22H2,1H3. The summed E-state index contributed by atoms with van der Waals surface area (Å²) < 4.78 is 5.18. The first kappa shape index (κ1) is 27.3. The molecule has 0 amide bonds. The lowest BCUT2D eigenvalue weighted by molar-refractivity contribution is 0.0494. The predicted molar refractivity (Wildman–Crippen MR) is 129 cm³/mol. The number of carbonyl (C=O) groups excluding carboxylic acids is 1. The van der Waals surface area contributed by atoms with Crippen LogP contribution in [0, 0.1) is 0 Å². The van der Waals surface area contributed by atoms with E-state index in [-0.39, 0.29) is 17.1 Å². The lowest BCUT2D eigenvalue weighted by atomic mass is 10.0. The summed E-state index contributed by atoms with van der Waals surface area (Å²) in [6.07, 6.45) is 23.8. The van der Waals surface area contributed by atoms with E-state index in [4.69, 9.17) is 4.74 Å². The molecule has 0 fully saturated rings. The minimum absolute atomic E-state index is 0.0161. The molecule has 0 saturated carbocycles. The third-order valence-electron chi connectivity index (χ3n) is 5.93. The van der Waals surface area contributed by atoms with Crippen molar-refractivity contribution >= 4 is 5.97 Å². The molecule has 4 heteroatoms. The van der Waals surface area contributed by atoms with Gasteiger partial charge in [-0.05, 0) is 24.6 Å². The van der Waals surface area contributed by atoms with E-state index in [0.717, 1.165) is 12.8 Å². The monoisotopic (exact) mass is 434 g/mol. The molecular weight excluding hydrogens is 388 g/mol. The molecule has 0 radical (unpaired) electrons. The van der Waals surface area contributed by atoms with Crippen molar-refractivity contribution in [1.82, 2.24) is 0 Å². The van der Waals surface area contributed by atoms with Crippen LogP contribution in [0.2, 0.25) is 0 Å². The molecule has 0 aliphatic rings. The number of aromatic hydroxyl groups is 2. The van der Waals surface area contributed by atoms with Crippen LogP contribution in [-0.4, -0.2) is 22.8 Å². The Labute approximate surface area is 190 Å². The molecule has 178 valence electrons. The molecule has 0 aromatic heterocycles. The zero-order valence-corrected chi connectivity index (χ0v) is 19.9. The topological polar surface area (TPSA) is 66.8 Å². The van der Waals surface area contributed by atoms with Crippen molar-refractivity contribution in [2.24, 2.45) is 0 Å². The smallest absolute Gasteiger partial charge is 0.342 e. The van der Waals surface area contributed by atoms with Gasteiger partial charge in [0.1, 0.15) is 17.1 Å². The number of ether oxygens (including phenoxy) is 1. The zero-order chi connectivity index (χ0) is 22.6. The first-order valence-corrected chi connectivity index (χ1v) is 12.8. The molecular formula is C27H46O4. The second kappa shape index (κ2) is 19.0. The second-order valence-electron chi connectivity index (χ2n) is 8.85. The Morgan fingerprint density at radius 2 is 1.10 bits per heavy atom. The van der Waals surface area contributed by atoms with Crippen LogP contribution in [0.15, 0.2) is 18.2 Å². The highest BCUT2D eigenvalue weighted by Gasteiger charge is 2.13. The number of carbonyl (C=O) groups is 1. The lowest BCUT2D eigenvalue weighted by Gasteiger charge is -2.07. The van der Waals surface area contributed by atoms with Crippen molar-refractivity contribution < 1.29 is 19.7 Å². The Kier molecular flexibility index (Phi) is 16.8. The Balaban J connectivity index is 1.81. The lowest BCUT2D eigenvalue weighted by Crippen LogP contribution is -2.06. The van der Waals surface area contributed by atoms with Crippen LogP contribution in [0.3, 0.4) is 0 Å². The summed E-state index contributed by atoms with van der Waals surface area (Å²) in [6.45, 7) is 2.63. The van der Waals surface area contributed by atoms with Crippen LogP contribution >= 0.6 is 0 Å². The van der Waals surface area contributed by atoms with Crippen molar-refractivity contribution in [3.8, 4) is 11.5 Å². The van der Waals surface area contributed by atoms with E-state index < -0.39 is 5.97 Å². The summed E-state index contributed by atoms with van der Waals surface area (Å²) >= 11 is 0. The van der Waals surface area contributed by atoms with Gasteiger partial charge in [-0.1, -0.05) is 116 Å². The van der Waals surface area contributed by atoms with Crippen LogP contribution in [0.4, 0.5) is 0 Å². The maximum Gasteiger partial charge on any atom is 0.342 e. The molecule has 0 aliphatic carbocycles. The van der Waals surface area contributed by atoms with Crippen LogP contribution in [-0.2, 0) is 4.74 Å². The van der Waals surface area contributed by atoms with Crippen LogP contribution in [0.5, 0.6) is 11.5 Å². The van der Waals surface area contributed by atoms with E-state index in [2.05, 4.69) is 6.92 Å². The van der Waals surface area contributed by atoms with Gasteiger partial charge in [-0.15, -0.1) is 0 Å². The molecule has 0 saturated heterocycles. The molecule has 0 aliphatic heterocycles. The molecule has 1 rings (SSSR count). The van der Waals surface area contributed by atoms with Crippen LogP contribution in [0.25, 0.3) is 0 Å². The highest BCUT2D eigenvalue weighted by molar-refractivity contribution is 5.92. The number of esters is 1. The van der Waals surface area contributed by atoms with E-state index in [1.807, 2.05) is 0 Å². The fraction of sp³-hybridized carbons (Fsp3) is 0.741. The summed E-state index contributed by atoms with van der Waals surface area (Å²) in [5.41, 5.74) is 0.0161. The van der Waals surface area contributed by atoms with E-state index >= 15 is 0 Å². The quantitative estimate of drug-likeness (QED) is 0.123. The van der Waals surface area contributed by atoms with Crippen LogP contribution < -0.4 is 0 Å². The number of unbranched alkanes of at least 4 members (excludes halogenated alkanes) is 17. The third-order valence-corrected chi connectivity index (χ3v) is 5.93. The summed E-state index contributed by atoms with van der Waals surface area (Å²) in [5.74, 6) is -0.807. The van der Waals surface area contributed by atoms with Crippen LogP contribution in [0.1, 0.15) is 133 Å². The maximum atomic E-state index is 11.9. The highest BCUT2D eigenvalue weighted by Crippen LogP contribution is 2.23. The van der Waals surface area contributed by atoms with Gasteiger partial charge >= 0.3 is 5.97 Å². The Morgan fingerprint density at radius 1 is 0.677 bits per heavy atom. The van der Waals surface area contributed by atoms with Gasteiger partial charge in [0.2, 0.25) is 0 Å². The van der Waals surface area contributed by atoms with Gasteiger partial charge < -0.3 is 14.9 Å². The fourth-order valence-corrected chi connectivity index (χ4v) is 3.93. The average molecular weight is 435 g/mol. The van der Waals surface area contributed by atoms with Crippen molar-refractivity contribution in [1.29, 1.82) is 0 Å². The molecule has 1 aromatic carbocycles. The van der Waals surface area contributed by atoms with E-state index in [0.29, 0.717) is 6.61 Å². The largest absolute Gasteiger partial charge is 0.508 e. The normalized spacial score (nSPS) is 11.0. The SMILES string of the molecule is CCCCCCCCCCCCCCCCCCCCOC(=O)c1cc(O)ccc1O.